The summed E-state index contributed by atoms with van der Waals surface area (Å²) >= 11 is 1.50. The van der Waals surface area contributed by atoms with Crippen LogP contribution in [0.15, 0.2) is 28.1 Å². The van der Waals surface area contributed by atoms with Crippen LogP contribution in [0.4, 0.5) is 0 Å². The first-order valence-corrected chi connectivity index (χ1v) is 7.57. The predicted octanol–water partition coefficient (Wildman–Crippen LogP) is 2.86. The zero-order chi connectivity index (χ0) is 14.8. The smallest absolute Gasteiger partial charge is 0.277 e. The predicted molar refractivity (Wildman–Crippen MR) is 82.0 cm³/mol. The van der Waals surface area contributed by atoms with Crippen molar-refractivity contribution in [2.45, 2.75) is 26.8 Å². The van der Waals surface area contributed by atoms with Gasteiger partial charge < -0.3 is 10.3 Å². The van der Waals surface area contributed by atoms with Crippen molar-refractivity contribution in [1.29, 1.82) is 0 Å². The van der Waals surface area contributed by atoms with E-state index < -0.39 is 0 Å². The first kappa shape index (κ1) is 13.9. The molecule has 0 fully saturated rings. The number of rotatable bonds is 4. The molecule has 0 aliphatic carbocycles. The summed E-state index contributed by atoms with van der Waals surface area (Å²) in [6, 6.07) is 6.36. The summed E-state index contributed by atoms with van der Waals surface area (Å²) in [5.74, 6) is 1.11. The zero-order valence-corrected chi connectivity index (χ0v) is 12.8. The van der Waals surface area contributed by atoms with Crippen LogP contribution in [0, 0.1) is 13.8 Å². The molecule has 0 bridgehead atoms. The number of aromatic nitrogens is 3. The van der Waals surface area contributed by atoms with Crippen molar-refractivity contribution in [1.82, 2.24) is 15.1 Å². The van der Waals surface area contributed by atoms with Crippen LogP contribution in [-0.2, 0) is 13.0 Å². The Labute approximate surface area is 126 Å². The minimum atomic E-state index is 0.425. The Balaban J connectivity index is 1.79. The molecule has 108 valence electrons. The quantitative estimate of drug-likeness (QED) is 0.801. The molecule has 0 aliphatic heterocycles. The first-order valence-electron chi connectivity index (χ1n) is 6.69. The molecule has 6 heteroatoms. The molecular weight excluding hydrogens is 284 g/mol. The molecule has 0 saturated carbocycles. The van der Waals surface area contributed by atoms with Gasteiger partial charge in [0.15, 0.2) is 5.82 Å². The molecule has 3 aromatic rings. The van der Waals surface area contributed by atoms with E-state index in [4.69, 9.17) is 10.3 Å². The molecule has 1 aromatic carbocycles. The number of hydrogen-bond donors (Lipinski definition) is 1. The highest BCUT2D eigenvalue weighted by atomic mass is 32.1. The Hall–Kier alpha value is -2.05. The highest BCUT2D eigenvalue weighted by Crippen LogP contribution is 2.21. The highest BCUT2D eigenvalue weighted by molar-refractivity contribution is 7.09. The minimum absolute atomic E-state index is 0.425. The van der Waals surface area contributed by atoms with Gasteiger partial charge in [0.25, 0.3) is 5.89 Å². The second-order valence-electron chi connectivity index (χ2n) is 4.94. The highest BCUT2D eigenvalue weighted by Gasteiger charge is 2.12. The largest absolute Gasteiger partial charge is 0.332 e. The Morgan fingerprint density at radius 2 is 2.05 bits per heavy atom. The van der Waals surface area contributed by atoms with E-state index in [1.807, 2.05) is 5.38 Å². The number of nitrogens with zero attached hydrogens (tertiary/aromatic N) is 3. The lowest BCUT2D eigenvalue weighted by atomic mass is 10.0. The van der Waals surface area contributed by atoms with Gasteiger partial charge in [-0.1, -0.05) is 23.4 Å². The molecule has 2 N–H and O–H groups in total. The molecular formula is C15H16N4OS. The van der Waals surface area contributed by atoms with Crippen LogP contribution in [0.2, 0.25) is 0 Å². The standard InChI is InChI=1S/C15H16N4OS/c1-9-3-4-11(5-10(9)2)6-13-18-15(20-19-13)12-8-21-14(7-16)17-12/h3-5,8H,6-7,16H2,1-2H3. The van der Waals surface area contributed by atoms with Gasteiger partial charge in [-0.15, -0.1) is 11.3 Å². The van der Waals surface area contributed by atoms with Crippen molar-refractivity contribution in [3.8, 4) is 11.6 Å². The van der Waals surface area contributed by atoms with Gasteiger partial charge in [0.2, 0.25) is 0 Å². The summed E-state index contributed by atoms with van der Waals surface area (Å²) in [4.78, 5) is 8.74. The topological polar surface area (TPSA) is 77.8 Å². The maximum atomic E-state index is 5.56. The summed E-state index contributed by atoms with van der Waals surface area (Å²) in [6.07, 6.45) is 0.651. The molecule has 0 amide bonds. The Morgan fingerprint density at radius 3 is 2.76 bits per heavy atom. The van der Waals surface area contributed by atoms with E-state index in [0.717, 1.165) is 5.01 Å². The van der Waals surface area contributed by atoms with Crippen LogP contribution in [0.3, 0.4) is 0 Å². The van der Waals surface area contributed by atoms with E-state index in [2.05, 4.69) is 47.2 Å². The Kier molecular flexibility index (Phi) is 3.81. The van der Waals surface area contributed by atoms with E-state index in [1.54, 1.807) is 0 Å². The fourth-order valence-electron chi connectivity index (χ4n) is 2.03. The molecule has 0 unspecified atom stereocenters. The molecule has 0 saturated heterocycles. The van der Waals surface area contributed by atoms with E-state index in [9.17, 15) is 0 Å². The Morgan fingerprint density at radius 1 is 1.19 bits per heavy atom. The lowest BCUT2D eigenvalue weighted by Crippen LogP contribution is -1.95. The summed E-state index contributed by atoms with van der Waals surface area (Å²) in [7, 11) is 0. The maximum absolute atomic E-state index is 5.56. The summed E-state index contributed by atoms with van der Waals surface area (Å²) in [6.45, 7) is 4.63. The van der Waals surface area contributed by atoms with Gasteiger partial charge in [-0.2, -0.15) is 4.98 Å². The van der Waals surface area contributed by atoms with Crippen molar-refractivity contribution in [2.75, 3.05) is 0 Å². The summed E-state index contributed by atoms with van der Waals surface area (Å²) in [5, 5.41) is 6.77. The number of benzene rings is 1. The Bertz CT molecular complexity index is 763. The van der Waals surface area contributed by atoms with E-state index in [-0.39, 0.29) is 0 Å². The van der Waals surface area contributed by atoms with Gasteiger partial charge in [0, 0.05) is 18.3 Å². The van der Waals surface area contributed by atoms with Gasteiger partial charge in [0.05, 0.1) is 0 Å². The van der Waals surface area contributed by atoms with Crippen molar-refractivity contribution < 1.29 is 4.52 Å². The monoisotopic (exact) mass is 300 g/mol. The van der Waals surface area contributed by atoms with Gasteiger partial charge in [0.1, 0.15) is 10.7 Å². The van der Waals surface area contributed by atoms with Crippen LogP contribution in [0.5, 0.6) is 0 Å². The molecule has 3 rings (SSSR count). The van der Waals surface area contributed by atoms with Crippen molar-refractivity contribution in [3.05, 3.63) is 51.1 Å². The molecule has 0 aliphatic rings. The van der Waals surface area contributed by atoms with Crippen LogP contribution >= 0.6 is 11.3 Å². The average Bonchev–Trinajstić information content (AvgIpc) is 3.11. The zero-order valence-electron chi connectivity index (χ0n) is 12.0. The van der Waals surface area contributed by atoms with E-state index >= 15 is 0 Å². The van der Waals surface area contributed by atoms with E-state index in [1.165, 1.54) is 28.0 Å². The second-order valence-corrected chi connectivity index (χ2v) is 5.88. The van der Waals surface area contributed by atoms with E-state index in [0.29, 0.717) is 30.4 Å². The van der Waals surface area contributed by atoms with Crippen molar-refractivity contribution >= 4 is 11.3 Å². The lowest BCUT2D eigenvalue weighted by molar-refractivity contribution is 0.423. The molecule has 0 radical (unpaired) electrons. The average molecular weight is 300 g/mol. The normalized spacial score (nSPS) is 11.0. The molecule has 2 aromatic heterocycles. The fraction of sp³-hybridized carbons (Fsp3) is 0.267. The van der Waals surface area contributed by atoms with Gasteiger partial charge in [-0.25, -0.2) is 4.98 Å². The van der Waals surface area contributed by atoms with Crippen molar-refractivity contribution in [3.63, 3.8) is 0 Å². The van der Waals surface area contributed by atoms with Crippen LogP contribution in [-0.4, -0.2) is 15.1 Å². The maximum Gasteiger partial charge on any atom is 0.277 e. The molecule has 5 nitrogen and oxygen atoms in total. The fourth-order valence-corrected chi connectivity index (χ4v) is 2.68. The number of nitrogens with two attached hydrogens (primary N) is 1. The number of thiazole rings is 1. The molecule has 21 heavy (non-hydrogen) atoms. The second kappa shape index (κ2) is 5.75. The van der Waals surface area contributed by atoms with Crippen LogP contribution in [0.1, 0.15) is 27.5 Å². The van der Waals surface area contributed by atoms with Gasteiger partial charge in [-0.05, 0) is 30.5 Å². The summed E-state index contributed by atoms with van der Waals surface area (Å²) in [5.41, 5.74) is 9.97. The number of hydrogen-bond acceptors (Lipinski definition) is 6. The van der Waals surface area contributed by atoms with Crippen molar-refractivity contribution in [2.24, 2.45) is 5.73 Å². The summed E-state index contributed by atoms with van der Waals surface area (Å²) < 4.78 is 5.28. The third-order valence-electron chi connectivity index (χ3n) is 3.35. The first-order chi connectivity index (χ1) is 10.2. The third kappa shape index (κ3) is 3.01. The third-order valence-corrected chi connectivity index (χ3v) is 4.22. The molecule has 0 spiro atoms. The van der Waals surface area contributed by atoms with Gasteiger partial charge in [-0.3, -0.25) is 0 Å². The minimum Gasteiger partial charge on any atom is -0.332 e. The molecule has 0 atom stereocenters. The number of aryl methyl sites for hydroxylation is 2. The van der Waals surface area contributed by atoms with Crippen LogP contribution < -0.4 is 5.73 Å². The molecule has 2 heterocycles. The SMILES string of the molecule is Cc1ccc(Cc2noc(-c3csc(CN)n3)n2)cc1C. The lowest BCUT2D eigenvalue weighted by Gasteiger charge is -2.02. The van der Waals surface area contributed by atoms with Crippen LogP contribution in [0.25, 0.3) is 11.6 Å². The van der Waals surface area contributed by atoms with Gasteiger partial charge >= 0.3 is 0 Å².